The number of amides is 2. The Bertz CT molecular complexity index is 1060. The normalized spacial score (nSPS) is 13.1. The van der Waals surface area contributed by atoms with Crippen LogP contribution in [0.25, 0.3) is 0 Å². The van der Waals surface area contributed by atoms with E-state index in [9.17, 15) is 22.4 Å². The summed E-state index contributed by atoms with van der Waals surface area (Å²) in [6, 6.07) is 13.8. The van der Waals surface area contributed by atoms with Crippen LogP contribution >= 0.6 is 0 Å². The Labute approximate surface area is 202 Å². The molecular formula is C25H34FN3O4S. The Morgan fingerprint density at radius 1 is 1.03 bits per heavy atom. The van der Waals surface area contributed by atoms with E-state index in [-0.39, 0.29) is 24.2 Å². The van der Waals surface area contributed by atoms with Crippen molar-refractivity contribution >= 4 is 27.5 Å². The number of rotatable bonds is 12. The predicted molar refractivity (Wildman–Crippen MR) is 132 cm³/mol. The minimum absolute atomic E-state index is 0.0518. The van der Waals surface area contributed by atoms with Crippen LogP contribution < -0.4 is 9.62 Å². The average Bonchev–Trinajstić information content (AvgIpc) is 2.79. The molecule has 0 saturated heterocycles. The molecule has 7 nitrogen and oxygen atoms in total. The summed E-state index contributed by atoms with van der Waals surface area (Å²) in [5, 5.41) is 2.92. The smallest absolute Gasteiger partial charge is 0.244 e. The topological polar surface area (TPSA) is 86.8 Å². The van der Waals surface area contributed by atoms with E-state index in [1.165, 1.54) is 23.1 Å². The van der Waals surface area contributed by atoms with Crippen molar-refractivity contribution in [1.82, 2.24) is 10.2 Å². The van der Waals surface area contributed by atoms with Crippen molar-refractivity contribution in [1.29, 1.82) is 0 Å². The summed E-state index contributed by atoms with van der Waals surface area (Å²) < 4.78 is 39.6. The van der Waals surface area contributed by atoms with Crippen LogP contribution in [0.2, 0.25) is 0 Å². The fraction of sp³-hybridized carbons (Fsp3) is 0.440. The van der Waals surface area contributed by atoms with Crippen molar-refractivity contribution in [3.8, 4) is 0 Å². The Hall–Kier alpha value is -2.94. The SMILES string of the molecule is CC[C@H](C)NC(=O)[C@H](CC)N(CCc1ccccc1)C(=O)CN(c1cccc(F)c1)S(C)(=O)=O. The van der Waals surface area contributed by atoms with Gasteiger partial charge < -0.3 is 10.2 Å². The molecule has 0 unspecified atom stereocenters. The number of sulfonamides is 1. The predicted octanol–water partition coefficient (Wildman–Crippen LogP) is 3.36. The third-order valence-electron chi connectivity index (χ3n) is 5.65. The summed E-state index contributed by atoms with van der Waals surface area (Å²) in [5.74, 6) is -1.43. The highest BCUT2D eigenvalue weighted by Crippen LogP contribution is 2.20. The minimum atomic E-state index is -3.89. The number of benzene rings is 2. The Balaban J connectivity index is 2.36. The van der Waals surface area contributed by atoms with E-state index in [0.29, 0.717) is 12.8 Å². The zero-order valence-corrected chi connectivity index (χ0v) is 21.0. The van der Waals surface area contributed by atoms with Gasteiger partial charge in [-0.25, -0.2) is 12.8 Å². The highest BCUT2D eigenvalue weighted by molar-refractivity contribution is 7.92. The first kappa shape index (κ1) is 27.3. The number of anilines is 1. The molecule has 0 aliphatic carbocycles. The quantitative estimate of drug-likeness (QED) is 0.493. The van der Waals surface area contributed by atoms with Crippen molar-refractivity contribution in [3.05, 3.63) is 66.0 Å². The first-order valence-corrected chi connectivity index (χ1v) is 13.3. The van der Waals surface area contributed by atoms with E-state index in [2.05, 4.69) is 5.32 Å². The molecule has 186 valence electrons. The number of nitrogens with one attached hydrogen (secondary N) is 1. The van der Waals surface area contributed by atoms with Crippen molar-refractivity contribution in [2.24, 2.45) is 0 Å². The second kappa shape index (κ2) is 12.5. The van der Waals surface area contributed by atoms with E-state index >= 15 is 0 Å². The first-order chi connectivity index (χ1) is 16.1. The summed E-state index contributed by atoms with van der Waals surface area (Å²) in [6.45, 7) is 5.34. The molecule has 0 fully saturated rings. The van der Waals surface area contributed by atoms with Gasteiger partial charge in [0.2, 0.25) is 21.8 Å². The Morgan fingerprint density at radius 2 is 1.71 bits per heavy atom. The molecule has 0 spiro atoms. The number of carbonyl (C=O) groups is 2. The summed E-state index contributed by atoms with van der Waals surface area (Å²) in [4.78, 5) is 27.9. The zero-order valence-electron chi connectivity index (χ0n) is 20.2. The lowest BCUT2D eigenvalue weighted by molar-refractivity contribution is -0.139. The lowest BCUT2D eigenvalue weighted by Crippen LogP contribution is -2.54. The van der Waals surface area contributed by atoms with Gasteiger partial charge in [-0.15, -0.1) is 0 Å². The van der Waals surface area contributed by atoms with Gasteiger partial charge in [0.25, 0.3) is 0 Å². The summed E-state index contributed by atoms with van der Waals surface area (Å²) in [5.41, 5.74) is 1.04. The van der Waals surface area contributed by atoms with Crippen LogP contribution in [0.5, 0.6) is 0 Å². The fourth-order valence-corrected chi connectivity index (χ4v) is 4.42. The lowest BCUT2D eigenvalue weighted by Gasteiger charge is -2.33. The number of carbonyl (C=O) groups excluding carboxylic acids is 2. The van der Waals surface area contributed by atoms with Crippen LogP contribution in [0.15, 0.2) is 54.6 Å². The van der Waals surface area contributed by atoms with Crippen molar-refractivity contribution in [2.75, 3.05) is 23.7 Å². The van der Waals surface area contributed by atoms with Gasteiger partial charge in [-0.1, -0.05) is 50.2 Å². The standard InChI is InChI=1S/C25H34FN3O4S/c1-5-19(3)27-25(31)23(6-2)28(16-15-20-11-8-7-9-12-20)24(30)18-29(34(4,32)33)22-14-10-13-21(26)17-22/h7-14,17,19,23H,5-6,15-16,18H2,1-4H3,(H,27,31)/t19-,23-/m0/s1. The average molecular weight is 492 g/mol. The lowest BCUT2D eigenvalue weighted by atomic mass is 10.1. The minimum Gasteiger partial charge on any atom is -0.352 e. The molecule has 2 rings (SSSR count). The molecule has 9 heteroatoms. The molecule has 0 saturated carbocycles. The van der Waals surface area contributed by atoms with Gasteiger partial charge in [0.1, 0.15) is 18.4 Å². The molecule has 34 heavy (non-hydrogen) atoms. The molecule has 2 amide bonds. The zero-order chi connectivity index (χ0) is 25.3. The fourth-order valence-electron chi connectivity index (χ4n) is 3.58. The van der Waals surface area contributed by atoms with E-state index in [4.69, 9.17) is 0 Å². The van der Waals surface area contributed by atoms with E-state index < -0.39 is 34.3 Å². The Kier molecular flexibility index (Phi) is 10.0. The molecule has 1 N–H and O–H groups in total. The van der Waals surface area contributed by atoms with Crippen LogP contribution in [-0.2, 0) is 26.0 Å². The molecule has 0 heterocycles. The molecule has 0 radical (unpaired) electrons. The molecule has 2 aromatic rings. The van der Waals surface area contributed by atoms with Crippen molar-refractivity contribution in [2.45, 2.75) is 52.1 Å². The number of halogens is 1. The van der Waals surface area contributed by atoms with Crippen molar-refractivity contribution < 1.29 is 22.4 Å². The maximum Gasteiger partial charge on any atom is 0.244 e. The van der Waals surface area contributed by atoms with Crippen LogP contribution in [0, 0.1) is 5.82 Å². The molecule has 0 aliphatic heterocycles. The molecule has 0 bridgehead atoms. The molecular weight excluding hydrogens is 457 g/mol. The van der Waals surface area contributed by atoms with E-state index in [0.717, 1.165) is 28.6 Å². The van der Waals surface area contributed by atoms with E-state index in [1.54, 1.807) is 0 Å². The monoisotopic (exact) mass is 491 g/mol. The molecule has 0 aliphatic rings. The van der Waals surface area contributed by atoms with Gasteiger partial charge in [0, 0.05) is 12.6 Å². The van der Waals surface area contributed by atoms with Crippen molar-refractivity contribution in [3.63, 3.8) is 0 Å². The molecule has 0 aromatic heterocycles. The molecule has 2 atom stereocenters. The second-order valence-corrected chi connectivity index (χ2v) is 10.2. The number of nitrogens with zero attached hydrogens (tertiary/aromatic N) is 2. The highest BCUT2D eigenvalue weighted by Gasteiger charge is 2.31. The largest absolute Gasteiger partial charge is 0.352 e. The first-order valence-electron chi connectivity index (χ1n) is 11.4. The summed E-state index contributed by atoms with van der Waals surface area (Å²) in [7, 11) is -3.89. The summed E-state index contributed by atoms with van der Waals surface area (Å²) in [6.07, 6.45) is 2.56. The highest BCUT2D eigenvalue weighted by atomic mass is 32.2. The Morgan fingerprint density at radius 3 is 2.26 bits per heavy atom. The maximum atomic E-state index is 13.8. The van der Waals surface area contributed by atoms with Gasteiger partial charge in [0.15, 0.2) is 0 Å². The number of hydrogen-bond acceptors (Lipinski definition) is 4. The van der Waals surface area contributed by atoms with E-state index in [1.807, 2.05) is 51.1 Å². The summed E-state index contributed by atoms with van der Waals surface area (Å²) >= 11 is 0. The van der Waals surface area contributed by atoms with Crippen LogP contribution in [0.3, 0.4) is 0 Å². The van der Waals surface area contributed by atoms with Crippen LogP contribution in [-0.4, -0.2) is 56.6 Å². The molecule has 2 aromatic carbocycles. The van der Waals surface area contributed by atoms with Gasteiger partial charge in [0.05, 0.1) is 11.9 Å². The van der Waals surface area contributed by atoms with Gasteiger partial charge in [-0.05, 0) is 49.9 Å². The second-order valence-electron chi connectivity index (χ2n) is 8.31. The number of hydrogen-bond donors (Lipinski definition) is 1. The van der Waals surface area contributed by atoms with Gasteiger partial charge in [-0.3, -0.25) is 13.9 Å². The van der Waals surface area contributed by atoms with Gasteiger partial charge >= 0.3 is 0 Å². The maximum absolute atomic E-state index is 13.8. The van der Waals surface area contributed by atoms with Crippen LogP contribution in [0.1, 0.15) is 39.2 Å². The van der Waals surface area contributed by atoms with Gasteiger partial charge in [-0.2, -0.15) is 0 Å². The van der Waals surface area contributed by atoms with Crippen LogP contribution in [0.4, 0.5) is 10.1 Å². The third-order valence-corrected chi connectivity index (χ3v) is 6.79. The third kappa shape index (κ3) is 7.83.